The molecule has 0 spiro atoms. The van der Waals surface area contributed by atoms with Gasteiger partial charge in [-0.05, 0) is 29.8 Å². The zero-order valence-electron chi connectivity index (χ0n) is 19.4. The van der Waals surface area contributed by atoms with Crippen LogP contribution in [0.1, 0.15) is 31.8 Å². The van der Waals surface area contributed by atoms with Crippen LogP contribution in [0.3, 0.4) is 0 Å². The van der Waals surface area contributed by atoms with Crippen molar-refractivity contribution in [2.45, 2.75) is 18.6 Å². The van der Waals surface area contributed by atoms with Crippen LogP contribution in [0.25, 0.3) is 6.08 Å². The lowest BCUT2D eigenvalue weighted by Crippen LogP contribution is -2.70. The number of ether oxygens (including phenoxy) is 2. The summed E-state index contributed by atoms with van der Waals surface area (Å²) >= 11 is 0. The molecule has 0 aliphatic carbocycles. The number of nitrogens with zero attached hydrogens (tertiary/aromatic N) is 2. The number of likely N-dealkylation sites (tertiary alicyclic amines) is 1. The minimum absolute atomic E-state index is 0.259. The highest BCUT2D eigenvalue weighted by molar-refractivity contribution is 6.23. The van der Waals surface area contributed by atoms with Gasteiger partial charge in [0.05, 0.1) is 37.9 Å². The Bertz CT molecular complexity index is 1300. The molecule has 0 radical (unpaired) electrons. The quantitative estimate of drug-likeness (QED) is 0.390. The Kier molecular flexibility index (Phi) is 5.82. The van der Waals surface area contributed by atoms with Gasteiger partial charge in [0, 0.05) is 11.6 Å². The molecule has 2 atom stereocenters. The standard InChI is InChI=1S/C28H24N2O5/c1-34-20-14-13-19(24(16-20)35-2)17-29-23(15-12-18-8-4-3-5-9-18)25(28(29)33)30-26(31)21-10-6-7-11-22(21)27(30)32/h3-16,23,25H,17H2,1-2H3/t23-,25+/m1/s1. The first kappa shape index (κ1) is 22.4. The molecule has 2 heterocycles. The summed E-state index contributed by atoms with van der Waals surface area (Å²) in [5.74, 6) is 0.0599. The number of hydrogen-bond acceptors (Lipinski definition) is 5. The fourth-order valence-corrected chi connectivity index (χ4v) is 4.61. The maximum atomic E-state index is 13.4. The van der Waals surface area contributed by atoms with E-state index in [0.29, 0.717) is 22.6 Å². The molecule has 0 unspecified atom stereocenters. The number of rotatable bonds is 7. The predicted octanol–water partition coefficient (Wildman–Crippen LogP) is 3.79. The van der Waals surface area contributed by atoms with Crippen LogP contribution >= 0.6 is 0 Å². The molecule has 7 nitrogen and oxygen atoms in total. The number of imide groups is 1. The van der Waals surface area contributed by atoms with Crippen molar-refractivity contribution in [1.82, 2.24) is 9.80 Å². The number of methoxy groups -OCH3 is 2. The van der Waals surface area contributed by atoms with Crippen molar-refractivity contribution in [3.05, 3.63) is 101 Å². The van der Waals surface area contributed by atoms with Gasteiger partial charge in [0.25, 0.3) is 11.8 Å². The fraction of sp³-hybridized carbons (Fsp3) is 0.179. The zero-order valence-corrected chi connectivity index (χ0v) is 19.4. The molecule has 2 aliphatic heterocycles. The molecule has 3 amide bonds. The van der Waals surface area contributed by atoms with E-state index < -0.39 is 23.9 Å². The van der Waals surface area contributed by atoms with Gasteiger partial charge < -0.3 is 14.4 Å². The first-order valence-corrected chi connectivity index (χ1v) is 11.2. The topological polar surface area (TPSA) is 76.2 Å². The Morgan fingerprint density at radius 2 is 1.49 bits per heavy atom. The van der Waals surface area contributed by atoms with Gasteiger partial charge in [-0.1, -0.05) is 54.6 Å². The van der Waals surface area contributed by atoms with E-state index in [4.69, 9.17) is 9.47 Å². The molecule has 1 fully saturated rings. The van der Waals surface area contributed by atoms with Gasteiger partial charge in [-0.3, -0.25) is 19.3 Å². The SMILES string of the molecule is COc1ccc(CN2C(=O)[C@@H](N3C(=O)c4ccccc4C3=O)[C@H]2C=Cc2ccccc2)c(OC)c1. The third kappa shape index (κ3) is 3.85. The van der Waals surface area contributed by atoms with Crippen molar-refractivity contribution >= 4 is 23.8 Å². The molecular formula is C28H24N2O5. The third-order valence-corrected chi connectivity index (χ3v) is 6.44. The summed E-state index contributed by atoms with van der Waals surface area (Å²) in [6.07, 6.45) is 3.78. The normalized spacial score (nSPS) is 19.2. The Morgan fingerprint density at radius 1 is 0.829 bits per heavy atom. The number of amides is 3. The van der Waals surface area contributed by atoms with Crippen LogP contribution in [-0.4, -0.2) is 53.8 Å². The number of β-lactam (4-membered cyclic amide) rings is 1. The summed E-state index contributed by atoms with van der Waals surface area (Å²) in [5, 5.41) is 0. The van der Waals surface area contributed by atoms with E-state index >= 15 is 0 Å². The second kappa shape index (κ2) is 9.10. The van der Waals surface area contributed by atoms with Gasteiger partial charge in [-0.25, -0.2) is 0 Å². The average molecular weight is 469 g/mol. The van der Waals surface area contributed by atoms with E-state index in [2.05, 4.69) is 0 Å². The largest absolute Gasteiger partial charge is 0.497 e. The Morgan fingerprint density at radius 3 is 2.11 bits per heavy atom. The Balaban J connectivity index is 1.48. The van der Waals surface area contributed by atoms with E-state index in [1.807, 2.05) is 48.6 Å². The lowest BCUT2D eigenvalue weighted by Gasteiger charge is -2.48. The number of carbonyl (C=O) groups excluding carboxylic acids is 3. The molecule has 0 aromatic heterocycles. The van der Waals surface area contributed by atoms with Crippen molar-refractivity contribution in [3.63, 3.8) is 0 Å². The third-order valence-electron chi connectivity index (χ3n) is 6.44. The second-order valence-electron chi connectivity index (χ2n) is 8.38. The van der Waals surface area contributed by atoms with Gasteiger partial charge in [0.2, 0.25) is 5.91 Å². The monoisotopic (exact) mass is 468 g/mol. The van der Waals surface area contributed by atoms with E-state index in [9.17, 15) is 14.4 Å². The Labute approximate surface area is 203 Å². The van der Waals surface area contributed by atoms with Crippen LogP contribution < -0.4 is 9.47 Å². The molecule has 0 N–H and O–H groups in total. The van der Waals surface area contributed by atoms with Crippen LogP contribution in [0.4, 0.5) is 0 Å². The summed E-state index contributed by atoms with van der Waals surface area (Å²) in [5.41, 5.74) is 2.40. The molecular weight excluding hydrogens is 444 g/mol. The fourth-order valence-electron chi connectivity index (χ4n) is 4.61. The molecule has 35 heavy (non-hydrogen) atoms. The zero-order chi connectivity index (χ0) is 24.5. The molecule has 3 aromatic carbocycles. The van der Waals surface area contributed by atoms with Crippen LogP contribution in [-0.2, 0) is 11.3 Å². The number of fused-ring (bicyclic) bond motifs is 1. The van der Waals surface area contributed by atoms with E-state index in [-0.39, 0.29) is 12.5 Å². The van der Waals surface area contributed by atoms with E-state index in [1.165, 1.54) is 0 Å². The highest BCUT2D eigenvalue weighted by atomic mass is 16.5. The van der Waals surface area contributed by atoms with Crippen molar-refractivity contribution in [2.75, 3.05) is 14.2 Å². The summed E-state index contributed by atoms with van der Waals surface area (Å²) < 4.78 is 10.8. The van der Waals surface area contributed by atoms with Crippen LogP contribution in [0.5, 0.6) is 11.5 Å². The first-order chi connectivity index (χ1) is 17.0. The van der Waals surface area contributed by atoms with E-state index in [0.717, 1.165) is 16.0 Å². The first-order valence-electron chi connectivity index (χ1n) is 11.2. The minimum atomic E-state index is -0.911. The van der Waals surface area contributed by atoms with Crippen molar-refractivity contribution in [2.24, 2.45) is 0 Å². The van der Waals surface area contributed by atoms with Crippen LogP contribution in [0, 0.1) is 0 Å². The molecule has 1 saturated heterocycles. The predicted molar refractivity (Wildman–Crippen MR) is 130 cm³/mol. The molecule has 5 rings (SSSR count). The van der Waals surface area contributed by atoms with Crippen molar-refractivity contribution in [3.8, 4) is 11.5 Å². The van der Waals surface area contributed by atoms with Gasteiger partial charge >= 0.3 is 0 Å². The highest BCUT2D eigenvalue weighted by Crippen LogP contribution is 2.36. The number of hydrogen-bond donors (Lipinski definition) is 0. The van der Waals surface area contributed by atoms with Crippen molar-refractivity contribution < 1.29 is 23.9 Å². The maximum absolute atomic E-state index is 13.4. The molecule has 0 bridgehead atoms. The summed E-state index contributed by atoms with van der Waals surface area (Å²) in [6.45, 7) is 0.259. The molecule has 176 valence electrons. The summed E-state index contributed by atoms with van der Waals surface area (Å²) in [6, 6.07) is 20.3. The highest BCUT2D eigenvalue weighted by Gasteiger charge is 2.55. The van der Waals surface area contributed by atoms with Crippen LogP contribution in [0.15, 0.2) is 78.9 Å². The molecule has 3 aromatic rings. The number of carbonyl (C=O) groups is 3. The van der Waals surface area contributed by atoms with E-state index in [1.54, 1.807) is 55.5 Å². The smallest absolute Gasteiger partial charge is 0.262 e. The lowest BCUT2D eigenvalue weighted by atomic mass is 9.91. The van der Waals surface area contributed by atoms with Gasteiger partial charge in [0.15, 0.2) is 0 Å². The Hall–Kier alpha value is -4.39. The van der Waals surface area contributed by atoms with Crippen molar-refractivity contribution in [1.29, 1.82) is 0 Å². The van der Waals surface area contributed by atoms with Crippen LogP contribution in [0.2, 0.25) is 0 Å². The van der Waals surface area contributed by atoms with Gasteiger partial charge in [-0.2, -0.15) is 0 Å². The van der Waals surface area contributed by atoms with Gasteiger partial charge in [0.1, 0.15) is 17.5 Å². The molecule has 2 aliphatic rings. The number of benzene rings is 3. The lowest BCUT2D eigenvalue weighted by molar-refractivity contribution is -0.153. The summed E-state index contributed by atoms with van der Waals surface area (Å²) in [7, 11) is 3.13. The molecule has 0 saturated carbocycles. The second-order valence-corrected chi connectivity index (χ2v) is 8.38. The average Bonchev–Trinajstić information content (AvgIpc) is 3.15. The van der Waals surface area contributed by atoms with Gasteiger partial charge in [-0.15, -0.1) is 0 Å². The summed E-state index contributed by atoms with van der Waals surface area (Å²) in [4.78, 5) is 42.4. The molecule has 7 heteroatoms. The maximum Gasteiger partial charge on any atom is 0.262 e. The minimum Gasteiger partial charge on any atom is -0.497 e.